The van der Waals surface area contributed by atoms with E-state index >= 15 is 0 Å². The third-order valence-electron chi connectivity index (χ3n) is 4.20. The van der Waals surface area contributed by atoms with Gasteiger partial charge in [0, 0.05) is 12.5 Å². The molecule has 3 rings (SSSR count). The van der Waals surface area contributed by atoms with Crippen molar-refractivity contribution in [2.24, 2.45) is 0 Å². The van der Waals surface area contributed by atoms with Crippen LogP contribution in [0.4, 0.5) is 0 Å². The molecule has 1 fully saturated rings. The van der Waals surface area contributed by atoms with Crippen molar-refractivity contribution in [1.29, 1.82) is 0 Å². The van der Waals surface area contributed by atoms with Crippen molar-refractivity contribution >= 4 is 18.3 Å². The average Bonchev–Trinajstić information content (AvgIpc) is 3.18. The molecule has 2 aromatic rings. The van der Waals surface area contributed by atoms with Crippen molar-refractivity contribution in [3.05, 3.63) is 42.2 Å². The van der Waals surface area contributed by atoms with Gasteiger partial charge in [-0.05, 0) is 45.4 Å². The van der Waals surface area contributed by atoms with Gasteiger partial charge in [-0.1, -0.05) is 23.4 Å². The Morgan fingerprint density at radius 1 is 1.38 bits per heavy atom. The molecule has 1 saturated heterocycles. The van der Waals surface area contributed by atoms with Crippen LogP contribution in [0.3, 0.4) is 0 Å². The number of hydrogen-bond donors (Lipinski definition) is 2. The van der Waals surface area contributed by atoms with E-state index in [1.807, 2.05) is 50.4 Å². The summed E-state index contributed by atoms with van der Waals surface area (Å²) in [5.41, 5.74) is 1.14. The van der Waals surface area contributed by atoms with E-state index in [2.05, 4.69) is 20.9 Å². The van der Waals surface area contributed by atoms with Crippen molar-refractivity contribution in [3.63, 3.8) is 0 Å². The van der Waals surface area contributed by atoms with Crippen LogP contribution < -0.4 is 10.6 Å². The topological polar surface area (TPSA) is 71.8 Å². The first-order valence-electron chi connectivity index (χ1n) is 8.07. The minimum absolute atomic E-state index is 0. The van der Waals surface area contributed by atoms with Crippen LogP contribution in [0.1, 0.15) is 38.8 Å². The maximum Gasteiger partial charge on any atom is 0.222 e. The molecular formula is C17H24ClN5O. The van der Waals surface area contributed by atoms with Crippen LogP contribution in [-0.2, 0) is 10.3 Å². The van der Waals surface area contributed by atoms with E-state index in [0.717, 1.165) is 30.8 Å². The third-order valence-corrected chi connectivity index (χ3v) is 4.20. The number of amides is 1. The second kappa shape index (κ2) is 7.77. The standard InChI is InChI=1S/C17H23N5O.ClH/c1-17(2,19-16(23)11-13-7-6-10-18-13)15-12-22(21-20-15)14-8-4-3-5-9-14;/h3-5,8-9,12-13,18H,6-7,10-11H2,1-2H3,(H,19,23);1H. The molecule has 1 aromatic carbocycles. The zero-order valence-electron chi connectivity index (χ0n) is 14.0. The quantitative estimate of drug-likeness (QED) is 0.868. The van der Waals surface area contributed by atoms with Crippen LogP contribution in [-0.4, -0.2) is 33.5 Å². The summed E-state index contributed by atoms with van der Waals surface area (Å²) in [6, 6.07) is 10.1. The number of carbonyl (C=O) groups excluding carboxylic acids is 1. The molecule has 1 amide bonds. The lowest BCUT2D eigenvalue weighted by Gasteiger charge is -2.24. The van der Waals surface area contributed by atoms with Crippen molar-refractivity contribution in [3.8, 4) is 5.69 Å². The number of carbonyl (C=O) groups is 1. The summed E-state index contributed by atoms with van der Waals surface area (Å²) in [5, 5.41) is 14.8. The molecule has 7 heteroatoms. The molecule has 0 saturated carbocycles. The SMILES string of the molecule is CC(C)(NC(=O)CC1CCCN1)c1cn(-c2ccccc2)nn1.Cl. The molecule has 1 aromatic heterocycles. The molecule has 0 bridgehead atoms. The maximum absolute atomic E-state index is 12.3. The first-order chi connectivity index (χ1) is 11.0. The Hall–Kier alpha value is -1.92. The highest BCUT2D eigenvalue weighted by Gasteiger charge is 2.28. The van der Waals surface area contributed by atoms with Crippen molar-refractivity contribution in [2.75, 3.05) is 6.54 Å². The van der Waals surface area contributed by atoms with Crippen molar-refractivity contribution in [1.82, 2.24) is 25.6 Å². The van der Waals surface area contributed by atoms with E-state index in [0.29, 0.717) is 12.5 Å². The third kappa shape index (κ3) is 4.33. The fourth-order valence-electron chi connectivity index (χ4n) is 2.88. The predicted octanol–water partition coefficient (Wildman–Crippen LogP) is 2.18. The first-order valence-corrected chi connectivity index (χ1v) is 8.07. The van der Waals surface area contributed by atoms with Crippen LogP contribution in [0, 0.1) is 0 Å². The van der Waals surface area contributed by atoms with E-state index in [4.69, 9.17) is 0 Å². The minimum Gasteiger partial charge on any atom is -0.345 e. The Balaban J connectivity index is 0.00000208. The molecule has 130 valence electrons. The van der Waals surface area contributed by atoms with Gasteiger partial charge in [0.25, 0.3) is 0 Å². The molecule has 2 heterocycles. The van der Waals surface area contributed by atoms with Gasteiger partial charge >= 0.3 is 0 Å². The molecule has 0 spiro atoms. The lowest BCUT2D eigenvalue weighted by molar-refractivity contribution is -0.123. The molecule has 2 N–H and O–H groups in total. The second-order valence-electron chi connectivity index (χ2n) is 6.55. The molecular weight excluding hydrogens is 326 g/mol. The van der Waals surface area contributed by atoms with Crippen molar-refractivity contribution in [2.45, 2.75) is 44.7 Å². The first kappa shape index (κ1) is 18.4. The summed E-state index contributed by atoms with van der Waals surface area (Å²) in [6.45, 7) is 4.91. The fraction of sp³-hybridized carbons (Fsp3) is 0.471. The Bertz CT molecular complexity index is 665. The van der Waals surface area contributed by atoms with Gasteiger partial charge in [-0.15, -0.1) is 17.5 Å². The molecule has 1 aliphatic rings. The smallest absolute Gasteiger partial charge is 0.222 e. The molecule has 6 nitrogen and oxygen atoms in total. The summed E-state index contributed by atoms with van der Waals surface area (Å²) < 4.78 is 1.72. The van der Waals surface area contributed by atoms with Gasteiger partial charge in [0.1, 0.15) is 5.69 Å². The van der Waals surface area contributed by atoms with Crippen LogP contribution in [0.5, 0.6) is 0 Å². The number of para-hydroxylation sites is 1. The monoisotopic (exact) mass is 349 g/mol. The number of nitrogens with one attached hydrogen (secondary N) is 2. The molecule has 1 atom stereocenters. The van der Waals surface area contributed by atoms with E-state index in [1.165, 1.54) is 0 Å². The number of rotatable bonds is 5. The van der Waals surface area contributed by atoms with Gasteiger partial charge in [-0.2, -0.15) is 0 Å². The molecule has 0 radical (unpaired) electrons. The van der Waals surface area contributed by atoms with E-state index in [9.17, 15) is 4.79 Å². The van der Waals surface area contributed by atoms with E-state index in [1.54, 1.807) is 4.68 Å². The highest BCUT2D eigenvalue weighted by Crippen LogP contribution is 2.19. The van der Waals surface area contributed by atoms with Gasteiger partial charge in [0.2, 0.25) is 5.91 Å². The Labute approximate surface area is 148 Å². The fourth-order valence-corrected chi connectivity index (χ4v) is 2.88. The summed E-state index contributed by atoms with van der Waals surface area (Å²) >= 11 is 0. The highest BCUT2D eigenvalue weighted by molar-refractivity contribution is 5.85. The molecule has 1 aliphatic heterocycles. The van der Waals surface area contributed by atoms with Gasteiger partial charge < -0.3 is 10.6 Å². The Morgan fingerprint density at radius 2 is 2.12 bits per heavy atom. The molecule has 0 aliphatic carbocycles. The van der Waals surface area contributed by atoms with Crippen LogP contribution in [0.25, 0.3) is 5.69 Å². The maximum atomic E-state index is 12.3. The lowest BCUT2D eigenvalue weighted by atomic mass is 10.0. The minimum atomic E-state index is -0.553. The van der Waals surface area contributed by atoms with Crippen LogP contribution in [0.15, 0.2) is 36.5 Å². The number of halogens is 1. The lowest BCUT2D eigenvalue weighted by Crippen LogP contribution is -2.43. The van der Waals surface area contributed by atoms with E-state index in [-0.39, 0.29) is 18.3 Å². The van der Waals surface area contributed by atoms with Crippen LogP contribution in [0.2, 0.25) is 0 Å². The summed E-state index contributed by atoms with van der Waals surface area (Å²) in [5.74, 6) is 0.0451. The number of nitrogens with zero attached hydrogens (tertiary/aromatic N) is 3. The number of hydrogen-bond acceptors (Lipinski definition) is 4. The largest absolute Gasteiger partial charge is 0.345 e. The summed E-state index contributed by atoms with van der Waals surface area (Å²) in [6.07, 6.45) is 4.59. The van der Waals surface area contributed by atoms with Crippen molar-refractivity contribution < 1.29 is 4.79 Å². The normalized spacial score (nSPS) is 17.3. The molecule has 1 unspecified atom stereocenters. The van der Waals surface area contributed by atoms with Gasteiger partial charge in [-0.3, -0.25) is 4.79 Å². The van der Waals surface area contributed by atoms with Gasteiger partial charge in [0.05, 0.1) is 17.4 Å². The zero-order chi connectivity index (χ0) is 16.3. The van der Waals surface area contributed by atoms with Gasteiger partial charge in [-0.25, -0.2) is 4.68 Å². The van der Waals surface area contributed by atoms with Gasteiger partial charge in [0.15, 0.2) is 0 Å². The number of benzene rings is 1. The second-order valence-corrected chi connectivity index (χ2v) is 6.55. The highest BCUT2D eigenvalue weighted by atomic mass is 35.5. The predicted molar refractivity (Wildman–Crippen MR) is 95.4 cm³/mol. The Morgan fingerprint density at radius 3 is 2.79 bits per heavy atom. The summed E-state index contributed by atoms with van der Waals surface area (Å²) in [7, 11) is 0. The summed E-state index contributed by atoms with van der Waals surface area (Å²) in [4.78, 5) is 12.3. The molecule has 24 heavy (non-hydrogen) atoms. The number of aromatic nitrogens is 3. The van der Waals surface area contributed by atoms with E-state index < -0.39 is 5.54 Å². The average molecular weight is 350 g/mol. The Kier molecular flexibility index (Phi) is 5.96. The zero-order valence-corrected chi connectivity index (χ0v) is 14.8. The van der Waals surface area contributed by atoms with Crippen LogP contribution >= 0.6 is 12.4 Å².